The highest BCUT2D eigenvalue weighted by molar-refractivity contribution is 6.32. The van der Waals surface area contributed by atoms with Crippen LogP contribution < -0.4 is 15.1 Å². The third-order valence-electron chi connectivity index (χ3n) is 4.78. The highest BCUT2D eigenvalue weighted by atomic mass is 35.5. The van der Waals surface area contributed by atoms with Crippen LogP contribution in [0.4, 0.5) is 5.69 Å². The number of pyridine rings is 1. The zero-order valence-electron chi connectivity index (χ0n) is 16.5. The van der Waals surface area contributed by atoms with E-state index in [4.69, 9.17) is 16.3 Å². The van der Waals surface area contributed by atoms with Gasteiger partial charge in [0.05, 0.1) is 17.4 Å². The summed E-state index contributed by atoms with van der Waals surface area (Å²) in [4.78, 5) is 30.4. The Labute approximate surface area is 178 Å². The van der Waals surface area contributed by atoms with Crippen LogP contribution in [0.1, 0.15) is 16.7 Å². The average Bonchev–Trinajstić information content (AvgIpc) is 2.71. The average molecular weight is 423 g/mol. The zero-order valence-corrected chi connectivity index (χ0v) is 17.2. The van der Waals surface area contributed by atoms with Crippen LogP contribution in [0.2, 0.25) is 5.15 Å². The van der Waals surface area contributed by atoms with Crippen LogP contribution in [-0.4, -0.2) is 36.2 Å². The van der Waals surface area contributed by atoms with E-state index in [1.54, 1.807) is 6.07 Å². The number of nitrogens with zero attached hydrogens (tertiary/aromatic N) is 3. The van der Waals surface area contributed by atoms with Gasteiger partial charge in [-0.1, -0.05) is 35.9 Å². The van der Waals surface area contributed by atoms with Gasteiger partial charge in [-0.05, 0) is 43.2 Å². The number of carbonyl (C=O) groups excluding carboxylic acids is 2. The van der Waals surface area contributed by atoms with Crippen molar-refractivity contribution in [3.63, 3.8) is 0 Å². The molecule has 1 N–H and O–H groups in total. The number of nitrogens with one attached hydrogen (secondary N) is 1. The summed E-state index contributed by atoms with van der Waals surface area (Å²) >= 11 is 6.25. The number of aromatic nitrogens is 1. The molecule has 0 aliphatic carbocycles. The molecule has 2 heterocycles. The number of hydrazone groups is 1. The van der Waals surface area contributed by atoms with Crippen molar-refractivity contribution >= 4 is 46.2 Å². The first-order chi connectivity index (χ1) is 14.4. The summed E-state index contributed by atoms with van der Waals surface area (Å²) in [7, 11) is 0. The first-order valence-electron chi connectivity index (χ1n) is 9.34. The lowest BCUT2D eigenvalue weighted by atomic mass is 10.1. The van der Waals surface area contributed by atoms with Crippen LogP contribution in [0.5, 0.6) is 5.75 Å². The second kappa shape index (κ2) is 8.12. The number of carbonyl (C=O) groups is 2. The summed E-state index contributed by atoms with van der Waals surface area (Å²) < 4.78 is 5.42. The Hall–Kier alpha value is -3.45. The van der Waals surface area contributed by atoms with Gasteiger partial charge in [-0.2, -0.15) is 5.10 Å². The summed E-state index contributed by atoms with van der Waals surface area (Å²) in [5.74, 6) is -0.153. The van der Waals surface area contributed by atoms with Crippen molar-refractivity contribution in [1.29, 1.82) is 0 Å². The fraction of sp³-hybridized carbons (Fsp3) is 0.182. The molecule has 7 nitrogen and oxygen atoms in total. The van der Waals surface area contributed by atoms with Gasteiger partial charge in [-0.15, -0.1) is 0 Å². The van der Waals surface area contributed by atoms with Crippen molar-refractivity contribution in [2.45, 2.75) is 13.8 Å². The minimum atomic E-state index is -0.435. The smallest absolute Gasteiger partial charge is 0.265 e. The molecule has 8 heteroatoms. The van der Waals surface area contributed by atoms with Crippen molar-refractivity contribution < 1.29 is 14.3 Å². The molecule has 0 fully saturated rings. The number of ether oxygens (including phenoxy) is 1. The molecule has 2 amide bonds. The van der Waals surface area contributed by atoms with Crippen molar-refractivity contribution in [1.82, 2.24) is 10.4 Å². The number of fused-ring (bicyclic) bond motifs is 2. The highest BCUT2D eigenvalue weighted by Crippen LogP contribution is 2.32. The molecule has 152 valence electrons. The van der Waals surface area contributed by atoms with Crippen LogP contribution in [0.15, 0.2) is 47.6 Å². The fourth-order valence-electron chi connectivity index (χ4n) is 3.27. The lowest BCUT2D eigenvalue weighted by molar-refractivity contribution is -0.125. The summed E-state index contributed by atoms with van der Waals surface area (Å²) in [6.45, 7) is 3.60. The molecule has 4 rings (SSSR count). The number of benzene rings is 2. The quantitative estimate of drug-likeness (QED) is 0.397. The van der Waals surface area contributed by atoms with E-state index in [9.17, 15) is 9.59 Å². The van der Waals surface area contributed by atoms with E-state index < -0.39 is 5.91 Å². The minimum Gasteiger partial charge on any atom is -0.482 e. The number of anilines is 1. The largest absolute Gasteiger partial charge is 0.482 e. The SMILES string of the molecule is Cc1ccc2c(c1)N(CC(=O)N/N=C/c1cc3cccc(C)c3nc1Cl)C(=O)CO2. The van der Waals surface area contributed by atoms with E-state index in [2.05, 4.69) is 15.5 Å². The number of halogens is 1. The Balaban J connectivity index is 1.47. The number of aryl methyl sites for hydroxylation is 2. The Bertz CT molecular complexity index is 1190. The molecule has 0 saturated carbocycles. The van der Waals surface area contributed by atoms with Crippen LogP contribution in [0.25, 0.3) is 10.9 Å². The molecule has 0 saturated heterocycles. The molecule has 2 aromatic carbocycles. The molecular weight excluding hydrogens is 404 g/mol. The maximum Gasteiger partial charge on any atom is 0.265 e. The molecule has 0 atom stereocenters. The van der Waals surface area contributed by atoms with E-state index in [1.807, 2.05) is 50.2 Å². The van der Waals surface area contributed by atoms with Gasteiger partial charge >= 0.3 is 0 Å². The number of amides is 2. The Morgan fingerprint density at radius 2 is 2.13 bits per heavy atom. The van der Waals surface area contributed by atoms with Gasteiger partial charge in [0.15, 0.2) is 6.61 Å². The maximum absolute atomic E-state index is 12.4. The highest BCUT2D eigenvalue weighted by Gasteiger charge is 2.27. The van der Waals surface area contributed by atoms with E-state index in [0.717, 1.165) is 22.0 Å². The summed E-state index contributed by atoms with van der Waals surface area (Å²) in [5, 5.41) is 5.20. The predicted octanol–water partition coefficient (Wildman–Crippen LogP) is 3.38. The fourth-order valence-corrected chi connectivity index (χ4v) is 3.46. The number of hydrogen-bond donors (Lipinski definition) is 1. The van der Waals surface area contributed by atoms with Gasteiger partial charge in [0.25, 0.3) is 11.8 Å². The first-order valence-corrected chi connectivity index (χ1v) is 9.72. The second-order valence-corrected chi connectivity index (χ2v) is 7.41. The van der Waals surface area contributed by atoms with E-state index >= 15 is 0 Å². The first kappa shape index (κ1) is 19.8. The third kappa shape index (κ3) is 3.97. The Morgan fingerprint density at radius 1 is 1.30 bits per heavy atom. The topological polar surface area (TPSA) is 83.9 Å². The number of hydrogen-bond acceptors (Lipinski definition) is 5. The molecule has 1 aromatic heterocycles. The molecule has 1 aliphatic rings. The molecule has 0 radical (unpaired) electrons. The summed E-state index contributed by atoms with van der Waals surface area (Å²) in [6.07, 6.45) is 1.44. The molecule has 3 aromatic rings. The minimum absolute atomic E-state index is 0.107. The Morgan fingerprint density at radius 3 is 2.97 bits per heavy atom. The van der Waals surface area contributed by atoms with Gasteiger partial charge in [0, 0.05) is 10.9 Å². The van der Waals surface area contributed by atoms with Crippen LogP contribution in [-0.2, 0) is 9.59 Å². The van der Waals surface area contributed by atoms with Crippen molar-refractivity contribution in [2.24, 2.45) is 5.10 Å². The van der Waals surface area contributed by atoms with Gasteiger partial charge in [0.1, 0.15) is 17.4 Å². The van der Waals surface area contributed by atoms with Crippen LogP contribution in [0, 0.1) is 13.8 Å². The van der Waals surface area contributed by atoms with Crippen molar-refractivity contribution in [3.05, 3.63) is 64.3 Å². The van der Waals surface area contributed by atoms with E-state index in [1.165, 1.54) is 11.1 Å². The monoisotopic (exact) mass is 422 g/mol. The molecule has 1 aliphatic heterocycles. The summed E-state index contributed by atoms with van der Waals surface area (Å²) in [6, 6.07) is 13.2. The lowest BCUT2D eigenvalue weighted by Gasteiger charge is -2.28. The number of rotatable bonds is 4. The second-order valence-electron chi connectivity index (χ2n) is 7.05. The standard InChI is InChI=1S/C22H19ClN4O3/c1-13-6-7-18-17(8-13)27(20(29)12-30-18)11-19(28)26-24-10-16-9-15-5-3-4-14(2)21(15)25-22(16)23/h3-10H,11-12H2,1-2H3,(H,26,28)/b24-10+. The van der Waals surface area contributed by atoms with Gasteiger partial charge in [-0.3, -0.25) is 14.5 Å². The predicted molar refractivity (Wildman–Crippen MR) is 116 cm³/mol. The lowest BCUT2D eigenvalue weighted by Crippen LogP contribution is -2.44. The van der Waals surface area contributed by atoms with E-state index in [0.29, 0.717) is 22.2 Å². The number of para-hydroxylation sites is 1. The summed E-state index contributed by atoms with van der Waals surface area (Å²) in [5.41, 5.74) is 6.40. The van der Waals surface area contributed by atoms with Crippen molar-refractivity contribution in [3.8, 4) is 5.75 Å². The van der Waals surface area contributed by atoms with Gasteiger partial charge in [-0.25, -0.2) is 10.4 Å². The van der Waals surface area contributed by atoms with Crippen LogP contribution >= 0.6 is 11.6 Å². The third-order valence-corrected chi connectivity index (χ3v) is 5.08. The van der Waals surface area contributed by atoms with Gasteiger partial charge < -0.3 is 4.74 Å². The van der Waals surface area contributed by atoms with Crippen LogP contribution in [0.3, 0.4) is 0 Å². The molecule has 0 unspecified atom stereocenters. The molecular formula is C22H19ClN4O3. The normalized spacial score (nSPS) is 13.4. The molecule has 0 bridgehead atoms. The molecule has 30 heavy (non-hydrogen) atoms. The Kier molecular flexibility index (Phi) is 5.37. The zero-order chi connectivity index (χ0) is 21.3. The maximum atomic E-state index is 12.4. The molecule has 0 spiro atoms. The van der Waals surface area contributed by atoms with Crippen molar-refractivity contribution in [2.75, 3.05) is 18.1 Å². The van der Waals surface area contributed by atoms with E-state index in [-0.39, 0.29) is 19.1 Å². The van der Waals surface area contributed by atoms with Gasteiger partial charge in [0.2, 0.25) is 0 Å².